The zero-order valence-electron chi connectivity index (χ0n) is 11.5. The zero-order valence-corrected chi connectivity index (χ0v) is 11.5. The van der Waals surface area contributed by atoms with Crippen LogP contribution in [0.4, 0.5) is 5.95 Å². The molecule has 18 heavy (non-hydrogen) atoms. The first-order valence-electron chi connectivity index (χ1n) is 7.09. The van der Waals surface area contributed by atoms with Gasteiger partial charge in [-0.1, -0.05) is 19.8 Å². The third-order valence-electron chi connectivity index (χ3n) is 3.58. The first-order valence-corrected chi connectivity index (χ1v) is 7.09. The van der Waals surface area contributed by atoms with Gasteiger partial charge in [0.2, 0.25) is 5.95 Å². The van der Waals surface area contributed by atoms with Gasteiger partial charge in [-0.2, -0.15) is 0 Å². The number of nitrogens with zero attached hydrogens (tertiary/aromatic N) is 3. The van der Waals surface area contributed by atoms with Crippen LogP contribution in [0.3, 0.4) is 0 Å². The third kappa shape index (κ3) is 3.42. The lowest BCUT2D eigenvalue weighted by Gasteiger charge is -2.27. The van der Waals surface area contributed by atoms with Gasteiger partial charge in [-0.05, 0) is 26.3 Å². The van der Waals surface area contributed by atoms with Crippen LogP contribution in [0.1, 0.15) is 45.1 Å². The summed E-state index contributed by atoms with van der Waals surface area (Å²) in [5.74, 6) is 0.893. The van der Waals surface area contributed by atoms with Gasteiger partial charge in [0.05, 0.1) is 0 Å². The van der Waals surface area contributed by atoms with Crippen molar-refractivity contribution in [1.29, 1.82) is 0 Å². The molecule has 4 nitrogen and oxygen atoms in total. The molecule has 1 aromatic rings. The fourth-order valence-corrected chi connectivity index (χ4v) is 2.43. The molecular weight excluding hydrogens is 224 g/mol. The van der Waals surface area contributed by atoms with Crippen molar-refractivity contribution in [2.45, 2.75) is 52.1 Å². The molecule has 4 heteroatoms. The lowest BCUT2D eigenvalue weighted by Crippen LogP contribution is -2.33. The molecule has 0 saturated carbocycles. The Morgan fingerprint density at radius 2 is 2.06 bits per heavy atom. The number of rotatable bonds is 4. The zero-order chi connectivity index (χ0) is 12.8. The van der Waals surface area contributed by atoms with E-state index in [0.29, 0.717) is 6.04 Å². The molecule has 0 amide bonds. The fraction of sp³-hybridized carbons (Fsp3) is 0.714. The highest BCUT2D eigenvalue weighted by molar-refractivity contribution is 5.31. The first-order chi connectivity index (χ1) is 8.81. The molecule has 1 N–H and O–H groups in total. The van der Waals surface area contributed by atoms with Crippen LogP contribution in [0.5, 0.6) is 0 Å². The predicted molar refractivity (Wildman–Crippen MR) is 74.7 cm³/mol. The van der Waals surface area contributed by atoms with Crippen LogP contribution >= 0.6 is 0 Å². The maximum atomic E-state index is 4.52. The van der Waals surface area contributed by atoms with Crippen LogP contribution in [-0.2, 0) is 6.54 Å². The maximum absolute atomic E-state index is 4.52. The molecule has 1 aromatic heterocycles. The third-order valence-corrected chi connectivity index (χ3v) is 3.58. The molecule has 1 unspecified atom stereocenters. The van der Waals surface area contributed by atoms with E-state index in [1.165, 1.54) is 25.7 Å². The number of nitrogens with one attached hydrogen (secondary N) is 1. The quantitative estimate of drug-likeness (QED) is 0.888. The molecule has 0 aliphatic carbocycles. The SMILES string of the molecule is CCNCc1cnc(N2CCCCCC2C)nc1. The van der Waals surface area contributed by atoms with Gasteiger partial charge < -0.3 is 10.2 Å². The summed E-state index contributed by atoms with van der Waals surface area (Å²) < 4.78 is 0. The van der Waals surface area contributed by atoms with Crippen LogP contribution in [0, 0.1) is 0 Å². The van der Waals surface area contributed by atoms with Crippen LogP contribution in [-0.4, -0.2) is 29.1 Å². The van der Waals surface area contributed by atoms with Crippen molar-refractivity contribution in [2.75, 3.05) is 18.0 Å². The van der Waals surface area contributed by atoms with Gasteiger partial charge >= 0.3 is 0 Å². The smallest absolute Gasteiger partial charge is 0.225 e. The van der Waals surface area contributed by atoms with Gasteiger partial charge in [0, 0.05) is 37.1 Å². The van der Waals surface area contributed by atoms with E-state index in [1.807, 2.05) is 12.4 Å². The minimum absolute atomic E-state index is 0.562. The molecule has 100 valence electrons. The number of anilines is 1. The van der Waals surface area contributed by atoms with E-state index in [0.717, 1.165) is 31.1 Å². The van der Waals surface area contributed by atoms with E-state index in [2.05, 4.69) is 34.0 Å². The summed E-state index contributed by atoms with van der Waals surface area (Å²) in [5, 5.41) is 3.29. The topological polar surface area (TPSA) is 41.1 Å². The Morgan fingerprint density at radius 1 is 1.28 bits per heavy atom. The van der Waals surface area contributed by atoms with E-state index in [9.17, 15) is 0 Å². The molecule has 2 heterocycles. The lowest BCUT2D eigenvalue weighted by atomic mass is 10.1. The Morgan fingerprint density at radius 3 is 2.78 bits per heavy atom. The Kier molecular flexibility index (Phi) is 4.93. The molecule has 0 bridgehead atoms. The second-order valence-corrected chi connectivity index (χ2v) is 5.06. The molecule has 0 radical (unpaired) electrons. The molecular formula is C14H24N4. The summed E-state index contributed by atoms with van der Waals surface area (Å²) in [6, 6.07) is 0.562. The summed E-state index contributed by atoms with van der Waals surface area (Å²) in [6.07, 6.45) is 9.07. The van der Waals surface area contributed by atoms with Gasteiger partial charge in [-0.25, -0.2) is 9.97 Å². The summed E-state index contributed by atoms with van der Waals surface area (Å²) in [5.41, 5.74) is 1.16. The van der Waals surface area contributed by atoms with Gasteiger partial charge in [0.15, 0.2) is 0 Å². The van der Waals surface area contributed by atoms with Crippen LogP contribution in [0.2, 0.25) is 0 Å². The van der Waals surface area contributed by atoms with Crippen molar-refractivity contribution in [3.05, 3.63) is 18.0 Å². The van der Waals surface area contributed by atoms with Crippen molar-refractivity contribution in [1.82, 2.24) is 15.3 Å². The molecule has 0 spiro atoms. The average Bonchev–Trinajstić information content (AvgIpc) is 2.62. The average molecular weight is 248 g/mol. The monoisotopic (exact) mass is 248 g/mol. The molecule has 1 aliphatic rings. The molecule has 1 saturated heterocycles. The second-order valence-electron chi connectivity index (χ2n) is 5.06. The normalized spacial score (nSPS) is 20.8. The van der Waals surface area contributed by atoms with Crippen LogP contribution in [0.15, 0.2) is 12.4 Å². The fourth-order valence-electron chi connectivity index (χ4n) is 2.43. The van der Waals surface area contributed by atoms with E-state index in [1.54, 1.807) is 0 Å². The van der Waals surface area contributed by atoms with E-state index in [-0.39, 0.29) is 0 Å². The highest BCUT2D eigenvalue weighted by Crippen LogP contribution is 2.20. The van der Waals surface area contributed by atoms with Gasteiger partial charge in [0.25, 0.3) is 0 Å². The summed E-state index contributed by atoms with van der Waals surface area (Å²) >= 11 is 0. The summed E-state index contributed by atoms with van der Waals surface area (Å²) in [6.45, 7) is 7.31. The van der Waals surface area contributed by atoms with E-state index < -0.39 is 0 Å². The van der Waals surface area contributed by atoms with Gasteiger partial charge in [-0.15, -0.1) is 0 Å². The molecule has 2 rings (SSSR count). The van der Waals surface area contributed by atoms with Crippen molar-refractivity contribution in [3.8, 4) is 0 Å². The van der Waals surface area contributed by atoms with E-state index in [4.69, 9.17) is 0 Å². The van der Waals surface area contributed by atoms with E-state index >= 15 is 0 Å². The Bertz CT molecular complexity index is 349. The van der Waals surface area contributed by atoms with Crippen molar-refractivity contribution >= 4 is 5.95 Å². The first kappa shape index (κ1) is 13.3. The van der Waals surface area contributed by atoms with Gasteiger partial charge in [-0.3, -0.25) is 0 Å². The Balaban J connectivity index is 2.03. The summed E-state index contributed by atoms with van der Waals surface area (Å²) in [4.78, 5) is 11.4. The molecule has 1 fully saturated rings. The Hall–Kier alpha value is -1.16. The molecule has 1 aliphatic heterocycles. The largest absolute Gasteiger partial charge is 0.338 e. The minimum atomic E-state index is 0.562. The van der Waals surface area contributed by atoms with Crippen molar-refractivity contribution in [2.24, 2.45) is 0 Å². The van der Waals surface area contributed by atoms with Crippen molar-refractivity contribution in [3.63, 3.8) is 0 Å². The predicted octanol–water partition coefficient (Wildman–Crippen LogP) is 2.36. The van der Waals surface area contributed by atoms with Gasteiger partial charge in [0.1, 0.15) is 0 Å². The Labute approximate surface area is 110 Å². The highest BCUT2D eigenvalue weighted by Gasteiger charge is 2.18. The minimum Gasteiger partial charge on any atom is -0.338 e. The summed E-state index contributed by atoms with van der Waals surface area (Å²) in [7, 11) is 0. The highest BCUT2D eigenvalue weighted by atomic mass is 15.3. The number of hydrogen-bond acceptors (Lipinski definition) is 4. The maximum Gasteiger partial charge on any atom is 0.225 e. The number of hydrogen-bond donors (Lipinski definition) is 1. The van der Waals surface area contributed by atoms with Crippen molar-refractivity contribution < 1.29 is 0 Å². The second kappa shape index (κ2) is 6.69. The van der Waals surface area contributed by atoms with Crippen LogP contribution in [0.25, 0.3) is 0 Å². The van der Waals surface area contributed by atoms with Crippen LogP contribution < -0.4 is 10.2 Å². The lowest BCUT2D eigenvalue weighted by molar-refractivity contribution is 0.604. The number of aromatic nitrogens is 2. The molecule has 0 aromatic carbocycles. The molecule has 1 atom stereocenters. The standard InChI is InChI=1S/C14H24N4/c1-3-15-9-13-10-16-14(17-11-13)18-8-6-4-5-7-12(18)2/h10-12,15H,3-9H2,1-2H3.